The molecule has 0 aromatic carbocycles. The Morgan fingerprint density at radius 2 is 1.94 bits per heavy atom. The Labute approximate surface area is 110 Å². The van der Waals surface area contributed by atoms with Crippen LogP contribution in [0.3, 0.4) is 0 Å². The van der Waals surface area contributed by atoms with Gasteiger partial charge in [-0.25, -0.2) is 0 Å². The van der Waals surface area contributed by atoms with E-state index in [1.807, 2.05) is 12.4 Å². The van der Waals surface area contributed by atoms with E-state index in [1.165, 1.54) is 37.7 Å². The van der Waals surface area contributed by atoms with Crippen LogP contribution in [0.5, 0.6) is 0 Å². The first kappa shape index (κ1) is 13.5. The van der Waals surface area contributed by atoms with E-state index < -0.39 is 0 Å². The lowest BCUT2D eigenvalue weighted by molar-refractivity contribution is 0.192. The Morgan fingerprint density at radius 3 is 2.61 bits per heavy atom. The van der Waals surface area contributed by atoms with Crippen molar-refractivity contribution in [1.82, 2.24) is 10.3 Å². The Balaban J connectivity index is 2.03. The van der Waals surface area contributed by atoms with E-state index in [-0.39, 0.29) is 0 Å². The lowest BCUT2D eigenvalue weighted by Gasteiger charge is -2.38. The minimum absolute atomic E-state index is 0.314. The Hall–Kier alpha value is -0.930. The van der Waals surface area contributed by atoms with E-state index in [1.54, 1.807) is 7.11 Å². The molecule has 0 aliphatic heterocycles. The molecule has 0 atom stereocenters. The summed E-state index contributed by atoms with van der Waals surface area (Å²) in [5.74, 6) is 0. The molecule has 1 aliphatic rings. The number of nitrogens with zero attached hydrogens (tertiary/aromatic N) is 1. The second-order valence-corrected chi connectivity index (χ2v) is 5.25. The van der Waals surface area contributed by atoms with E-state index in [4.69, 9.17) is 4.74 Å². The monoisotopic (exact) mass is 248 g/mol. The van der Waals surface area contributed by atoms with Gasteiger partial charge in [-0.15, -0.1) is 0 Å². The van der Waals surface area contributed by atoms with Crippen LogP contribution in [0.4, 0.5) is 0 Å². The standard InChI is InChI=1S/C15H24N2O/c1-18-12-11-17-13-15(7-3-2-4-8-15)14-5-9-16-10-6-14/h5-6,9-10,17H,2-4,7-8,11-13H2,1H3. The molecule has 2 rings (SSSR count). The van der Waals surface area contributed by atoms with Crippen molar-refractivity contribution < 1.29 is 4.74 Å². The summed E-state index contributed by atoms with van der Waals surface area (Å²) < 4.78 is 5.10. The van der Waals surface area contributed by atoms with Crippen LogP contribution < -0.4 is 5.32 Å². The molecule has 1 N–H and O–H groups in total. The van der Waals surface area contributed by atoms with Gasteiger partial charge in [0.05, 0.1) is 6.61 Å². The van der Waals surface area contributed by atoms with Crippen LogP contribution in [0.25, 0.3) is 0 Å². The summed E-state index contributed by atoms with van der Waals surface area (Å²) in [5.41, 5.74) is 1.76. The van der Waals surface area contributed by atoms with Gasteiger partial charge in [0.2, 0.25) is 0 Å². The molecule has 0 saturated heterocycles. The van der Waals surface area contributed by atoms with Crippen molar-refractivity contribution in [2.75, 3.05) is 26.8 Å². The van der Waals surface area contributed by atoms with Gasteiger partial charge in [0.1, 0.15) is 0 Å². The first-order valence-corrected chi connectivity index (χ1v) is 6.98. The number of nitrogens with one attached hydrogen (secondary N) is 1. The summed E-state index contributed by atoms with van der Waals surface area (Å²) in [5, 5.41) is 3.55. The molecule has 100 valence electrons. The molecular formula is C15H24N2O. The molecule has 0 amide bonds. The first-order chi connectivity index (χ1) is 8.87. The van der Waals surface area contributed by atoms with Gasteiger partial charge in [0.15, 0.2) is 0 Å². The van der Waals surface area contributed by atoms with Crippen LogP contribution in [-0.2, 0) is 10.2 Å². The van der Waals surface area contributed by atoms with Crippen LogP contribution in [0.15, 0.2) is 24.5 Å². The number of pyridine rings is 1. The summed E-state index contributed by atoms with van der Waals surface area (Å²) in [6, 6.07) is 4.37. The van der Waals surface area contributed by atoms with Crippen molar-refractivity contribution in [2.45, 2.75) is 37.5 Å². The highest BCUT2D eigenvalue weighted by Gasteiger charge is 2.33. The molecule has 1 aromatic rings. The van der Waals surface area contributed by atoms with E-state index in [0.29, 0.717) is 5.41 Å². The van der Waals surface area contributed by atoms with Crippen molar-refractivity contribution in [2.24, 2.45) is 0 Å². The number of ether oxygens (including phenoxy) is 1. The van der Waals surface area contributed by atoms with Crippen molar-refractivity contribution in [3.05, 3.63) is 30.1 Å². The fourth-order valence-electron chi connectivity index (χ4n) is 3.00. The molecule has 0 spiro atoms. The van der Waals surface area contributed by atoms with Gasteiger partial charge in [0, 0.05) is 38.0 Å². The maximum absolute atomic E-state index is 5.10. The summed E-state index contributed by atoms with van der Waals surface area (Å²) in [7, 11) is 1.75. The zero-order valence-corrected chi connectivity index (χ0v) is 11.3. The molecule has 18 heavy (non-hydrogen) atoms. The first-order valence-electron chi connectivity index (χ1n) is 6.98. The van der Waals surface area contributed by atoms with Crippen molar-refractivity contribution in [1.29, 1.82) is 0 Å². The Bertz CT molecular complexity index is 334. The third-order valence-electron chi connectivity index (χ3n) is 4.05. The second kappa shape index (κ2) is 6.86. The van der Waals surface area contributed by atoms with Gasteiger partial charge in [-0.3, -0.25) is 4.98 Å². The topological polar surface area (TPSA) is 34.1 Å². The zero-order chi connectivity index (χ0) is 12.7. The molecule has 0 bridgehead atoms. The summed E-state index contributed by atoms with van der Waals surface area (Å²) >= 11 is 0. The minimum Gasteiger partial charge on any atom is -0.383 e. The molecule has 0 radical (unpaired) electrons. The fraction of sp³-hybridized carbons (Fsp3) is 0.667. The van der Waals surface area contributed by atoms with E-state index in [0.717, 1.165) is 19.7 Å². The molecular weight excluding hydrogens is 224 g/mol. The summed E-state index contributed by atoms with van der Waals surface area (Å²) in [6.07, 6.45) is 10.5. The zero-order valence-electron chi connectivity index (χ0n) is 11.3. The molecule has 1 aromatic heterocycles. The van der Waals surface area contributed by atoms with Crippen LogP contribution in [0, 0.1) is 0 Å². The Kier molecular flexibility index (Phi) is 5.14. The van der Waals surface area contributed by atoms with Crippen molar-refractivity contribution >= 4 is 0 Å². The van der Waals surface area contributed by atoms with Gasteiger partial charge in [-0.2, -0.15) is 0 Å². The van der Waals surface area contributed by atoms with Gasteiger partial charge in [-0.05, 0) is 30.5 Å². The van der Waals surface area contributed by atoms with Crippen LogP contribution in [0.1, 0.15) is 37.7 Å². The molecule has 1 heterocycles. The quantitative estimate of drug-likeness (QED) is 0.786. The lowest BCUT2D eigenvalue weighted by atomic mass is 9.69. The summed E-state index contributed by atoms with van der Waals surface area (Å²) in [6.45, 7) is 2.77. The number of aromatic nitrogens is 1. The van der Waals surface area contributed by atoms with Gasteiger partial charge in [-0.1, -0.05) is 19.3 Å². The van der Waals surface area contributed by atoms with Gasteiger partial charge < -0.3 is 10.1 Å². The van der Waals surface area contributed by atoms with Crippen molar-refractivity contribution in [3.8, 4) is 0 Å². The lowest BCUT2D eigenvalue weighted by Crippen LogP contribution is -2.41. The third kappa shape index (κ3) is 3.30. The number of rotatable bonds is 6. The normalized spacial score (nSPS) is 18.7. The number of methoxy groups -OCH3 is 1. The SMILES string of the molecule is COCCNCC1(c2ccncc2)CCCCC1. The van der Waals surface area contributed by atoms with E-state index in [9.17, 15) is 0 Å². The van der Waals surface area contributed by atoms with E-state index >= 15 is 0 Å². The fourth-order valence-corrected chi connectivity index (χ4v) is 3.00. The highest BCUT2D eigenvalue weighted by atomic mass is 16.5. The predicted molar refractivity (Wildman–Crippen MR) is 73.7 cm³/mol. The highest BCUT2D eigenvalue weighted by Crippen LogP contribution is 2.38. The Morgan fingerprint density at radius 1 is 1.22 bits per heavy atom. The molecule has 1 aliphatic carbocycles. The maximum atomic E-state index is 5.10. The second-order valence-electron chi connectivity index (χ2n) is 5.25. The van der Waals surface area contributed by atoms with E-state index in [2.05, 4.69) is 22.4 Å². The highest BCUT2D eigenvalue weighted by molar-refractivity contribution is 5.24. The van der Waals surface area contributed by atoms with Crippen LogP contribution in [0.2, 0.25) is 0 Å². The molecule has 1 fully saturated rings. The van der Waals surface area contributed by atoms with Crippen molar-refractivity contribution in [3.63, 3.8) is 0 Å². The molecule has 0 unspecified atom stereocenters. The smallest absolute Gasteiger partial charge is 0.0587 e. The summed E-state index contributed by atoms with van der Waals surface area (Å²) in [4.78, 5) is 4.14. The number of hydrogen-bond donors (Lipinski definition) is 1. The maximum Gasteiger partial charge on any atom is 0.0587 e. The van der Waals surface area contributed by atoms with Gasteiger partial charge in [0.25, 0.3) is 0 Å². The third-order valence-corrected chi connectivity index (χ3v) is 4.05. The minimum atomic E-state index is 0.314. The number of hydrogen-bond acceptors (Lipinski definition) is 3. The van der Waals surface area contributed by atoms with Crippen LogP contribution in [-0.4, -0.2) is 31.8 Å². The molecule has 3 nitrogen and oxygen atoms in total. The largest absolute Gasteiger partial charge is 0.383 e. The molecule has 1 saturated carbocycles. The molecule has 3 heteroatoms. The average molecular weight is 248 g/mol. The van der Waals surface area contributed by atoms with Crippen LogP contribution >= 0.6 is 0 Å². The van der Waals surface area contributed by atoms with Gasteiger partial charge >= 0.3 is 0 Å². The average Bonchev–Trinajstić information content (AvgIpc) is 2.46. The predicted octanol–water partition coefficient (Wildman–Crippen LogP) is 2.52.